The zero-order valence-corrected chi connectivity index (χ0v) is 8.99. The maximum atomic E-state index is 11.7. The van der Waals surface area contributed by atoms with Crippen molar-refractivity contribution in [2.24, 2.45) is 5.73 Å². The second-order valence-corrected chi connectivity index (χ2v) is 3.14. The first-order valence-electron chi connectivity index (χ1n) is 4.83. The van der Waals surface area contributed by atoms with Gasteiger partial charge in [-0.1, -0.05) is 0 Å². The van der Waals surface area contributed by atoms with Crippen molar-refractivity contribution >= 4 is 17.5 Å². The number of carbonyl (C=O) groups is 2. The molecule has 2 amide bonds. The molecular weight excluding hydrogens is 208 g/mol. The van der Waals surface area contributed by atoms with Crippen molar-refractivity contribution < 1.29 is 9.59 Å². The molecule has 0 saturated carbocycles. The van der Waals surface area contributed by atoms with Gasteiger partial charge < -0.3 is 16.4 Å². The van der Waals surface area contributed by atoms with Crippen molar-refractivity contribution in [3.63, 3.8) is 0 Å². The van der Waals surface area contributed by atoms with Gasteiger partial charge in [-0.3, -0.25) is 14.6 Å². The molecule has 0 atom stereocenters. The number of primary amides is 1. The molecule has 4 N–H and O–H groups in total. The van der Waals surface area contributed by atoms with Gasteiger partial charge in [0.25, 0.3) is 5.91 Å². The maximum absolute atomic E-state index is 11.7. The lowest BCUT2D eigenvalue weighted by atomic mass is 10.2. The zero-order chi connectivity index (χ0) is 12.0. The van der Waals surface area contributed by atoms with Crippen LogP contribution in [0, 0.1) is 0 Å². The normalized spacial score (nSPS) is 9.56. The number of aromatic nitrogens is 1. The number of pyridine rings is 1. The summed E-state index contributed by atoms with van der Waals surface area (Å²) in [5, 5.41) is 5.47. The van der Waals surface area contributed by atoms with E-state index in [1.54, 1.807) is 19.3 Å². The Morgan fingerprint density at radius 2 is 2.25 bits per heavy atom. The van der Waals surface area contributed by atoms with E-state index in [9.17, 15) is 9.59 Å². The van der Waals surface area contributed by atoms with Gasteiger partial charge in [-0.2, -0.15) is 0 Å². The second-order valence-electron chi connectivity index (χ2n) is 3.14. The summed E-state index contributed by atoms with van der Waals surface area (Å²) < 4.78 is 0. The molecule has 1 rings (SSSR count). The Kier molecular flexibility index (Phi) is 4.26. The van der Waals surface area contributed by atoms with Crippen LogP contribution < -0.4 is 16.4 Å². The zero-order valence-electron chi connectivity index (χ0n) is 8.99. The fourth-order valence-corrected chi connectivity index (χ4v) is 1.19. The first kappa shape index (κ1) is 12.0. The highest BCUT2D eigenvalue weighted by Crippen LogP contribution is 2.11. The summed E-state index contributed by atoms with van der Waals surface area (Å²) in [4.78, 5) is 26.0. The topological polar surface area (TPSA) is 97.1 Å². The van der Waals surface area contributed by atoms with E-state index in [0.717, 1.165) is 0 Å². The molecule has 86 valence electrons. The number of anilines is 1. The van der Waals surface area contributed by atoms with E-state index in [2.05, 4.69) is 15.6 Å². The number of amides is 2. The third kappa shape index (κ3) is 3.23. The highest BCUT2D eigenvalue weighted by molar-refractivity contribution is 5.99. The lowest BCUT2D eigenvalue weighted by molar-refractivity contribution is -0.117. The summed E-state index contributed by atoms with van der Waals surface area (Å²) >= 11 is 0. The fraction of sp³-hybridized carbons (Fsp3) is 0.300. The standard InChI is InChI=1S/C10H14N4O2/c1-12-8-2-4-13-6-7(8)10(16)14-5-3-9(11)15/h2,4,6H,3,5H2,1H3,(H2,11,15)(H,12,13)(H,14,16). The predicted molar refractivity (Wildman–Crippen MR) is 59.9 cm³/mol. The number of nitrogens with two attached hydrogens (primary N) is 1. The van der Waals surface area contributed by atoms with Gasteiger partial charge in [0.2, 0.25) is 5.91 Å². The number of carbonyl (C=O) groups excluding carboxylic acids is 2. The summed E-state index contributed by atoms with van der Waals surface area (Å²) in [6, 6.07) is 1.70. The molecule has 6 nitrogen and oxygen atoms in total. The van der Waals surface area contributed by atoms with Gasteiger partial charge in [0, 0.05) is 38.1 Å². The van der Waals surface area contributed by atoms with Crippen LogP contribution in [0.1, 0.15) is 16.8 Å². The summed E-state index contributed by atoms with van der Waals surface area (Å²) in [6.07, 6.45) is 3.18. The molecule has 0 aromatic carbocycles. The van der Waals surface area contributed by atoms with Crippen LogP contribution in [-0.2, 0) is 4.79 Å². The number of hydrogen-bond donors (Lipinski definition) is 3. The Bertz CT molecular complexity index is 392. The van der Waals surface area contributed by atoms with Gasteiger partial charge in [0.1, 0.15) is 0 Å². The molecule has 0 aliphatic heterocycles. The quantitative estimate of drug-likeness (QED) is 0.638. The van der Waals surface area contributed by atoms with Crippen LogP contribution >= 0.6 is 0 Å². The lowest BCUT2D eigenvalue weighted by Gasteiger charge is -2.08. The third-order valence-corrected chi connectivity index (χ3v) is 1.99. The molecule has 0 radical (unpaired) electrons. The molecule has 1 aromatic rings. The van der Waals surface area contributed by atoms with E-state index < -0.39 is 5.91 Å². The highest BCUT2D eigenvalue weighted by Gasteiger charge is 2.09. The summed E-state index contributed by atoms with van der Waals surface area (Å²) in [5.41, 5.74) is 6.08. The molecule has 6 heteroatoms. The third-order valence-electron chi connectivity index (χ3n) is 1.99. The van der Waals surface area contributed by atoms with Gasteiger partial charge in [-0.25, -0.2) is 0 Å². The van der Waals surface area contributed by atoms with Crippen molar-refractivity contribution in [3.8, 4) is 0 Å². The second kappa shape index (κ2) is 5.69. The predicted octanol–water partition coefficient (Wildman–Crippen LogP) is -0.272. The summed E-state index contributed by atoms with van der Waals surface area (Å²) in [5.74, 6) is -0.723. The van der Waals surface area contributed by atoms with E-state index in [4.69, 9.17) is 5.73 Å². The van der Waals surface area contributed by atoms with Crippen LogP contribution in [0.2, 0.25) is 0 Å². The van der Waals surface area contributed by atoms with Crippen LogP contribution in [0.15, 0.2) is 18.5 Å². The van der Waals surface area contributed by atoms with Crippen molar-refractivity contribution in [1.82, 2.24) is 10.3 Å². The monoisotopic (exact) mass is 222 g/mol. The van der Waals surface area contributed by atoms with Crippen molar-refractivity contribution in [3.05, 3.63) is 24.0 Å². The largest absolute Gasteiger partial charge is 0.387 e. The Balaban J connectivity index is 2.62. The van der Waals surface area contributed by atoms with E-state index in [0.29, 0.717) is 11.3 Å². The van der Waals surface area contributed by atoms with Crippen molar-refractivity contribution in [2.45, 2.75) is 6.42 Å². The maximum Gasteiger partial charge on any atom is 0.254 e. The summed E-state index contributed by atoms with van der Waals surface area (Å²) in [6.45, 7) is 0.228. The van der Waals surface area contributed by atoms with Crippen LogP contribution in [-0.4, -0.2) is 30.4 Å². The first-order valence-corrected chi connectivity index (χ1v) is 4.83. The molecule has 16 heavy (non-hydrogen) atoms. The van der Waals surface area contributed by atoms with Crippen LogP contribution in [0.3, 0.4) is 0 Å². The van der Waals surface area contributed by atoms with E-state index in [1.165, 1.54) is 6.20 Å². The lowest BCUT2D eigenvalue weighted by Crippen LogP contribution is -2.28. The SMILES string of the molecule is CNc1ccncc1C(=O)NCCC(N)=O. The molecule has 0 aliphatic rings. The van der Waals surface area contributed by atoms with Crippen LogP contribution in [0.4, 0.5) is 5.69 Å². The van der Waals surface area contributed by atoms with Gasteiger partial charge >= 0.3 is 0 Å². The van der Waals surface area contributed by atoms with Gasteiger partial charge in [-0.05, 0) is 6.07 Å². The number of nitrogens with zero attached hydrogens (tertiary/aromatic N) is 1. The molecule has 1 aromatic heterocycles. The average Bonchev–Trinajstić information content (AvgIpc) is 2.28. The molecule has 1 heterocycles. The van der Waals surface area contributed by atoms with Crippen LogP contribution in [0.25, 0.3) is 0 Å². The first-order chi connectivity index (χ1) is 7.65. The minimum Gasteiger partial charge on any atom is -0.387 e. The van der Waals surface area contributed by atoms with Gasteiger partial charge in [0.05, 0.1) is 5.56 Å². The molecule has 0 aliphatic carbocycles. The average molecular weight is 222 g/mol. The Morgan fingerprint density at radius 1 is 1.50 bits per heavy atom. The Labute approximate surface area is 93.2 Å². The number of hydrogen-bond acceptors (Lipinski definition) is 4. The van der Waals surface area contributed by atoms with E-state index in [-0.39, 0.29) is 18.9 Å². The smallest absolute Gasteiger partial charge is 0.254 e. The number of nitrogens with one attached hydrogen (secondary N) is 2. The Morgan fingerprint density at radius 3 is 2.88 bits per heavy atom. The van der Waals surface area contributed by atoms with Gasteiger partial charge in [-0.15, -0.1) is 0 Å². The minimum absolute atomic E-state index is 0.126. The van der Waals surface area contributed by atoms with Crippen LogP contribution in [0.5, 0.6) is 0 Å². The molecule has 0 bridgehead atoms. The van der Waals surface area contributed by atoms with E-state index in [1.807, 2.05) is 0 Å². The highest BCUT2D eigenvalue weighted by atomic mass is 16.2. The van der Waals surface area contributed by atoms with Crippen molar-refractivity contribution in [2.75, 3.05) is 18.9 Å². The van der Waals surface area contributed by atoms with Gasteiger partial charge in [0.15, 0.2) is 0 Å². The molecule has 0 spiro atoms. The Hall–Kier alpha value is -2.11. The summed E-state index contributed by atoms with van der Waals surface area (Å²) in [7, 11) is 1.72. The van der Waals surface area contributed by atoms with Crippen molar-refractivity contribution in [1.29, 1.82) is 0 Å². The molecule has 0 fully saturated rings. The molecule has 0 saturated heterocycles. The van der Waals surface area contributed by atoms with E-state index >= 15 is 0 Å². The molecular formula is C10H14N4O2. The number of rotatable bonds is 5. The fourth-order valence-electron chi connectivity index (χ4n) is 1.19. The molecule has 0 unspecified atom stereocenters. The minimum atomic E-state index is -0.444.